The molecular weight excluding hydrogens is 310 g/mol. The first-order valence-corrected chi connectivity index (χ1v) is 7.72. The molecule has 1 atom stereocenters. The highest BCUT2D eigenvalue weighted by Crippen LogP contribution is 2.30. The molecule has 2 N–H and O–H groups in total. The number of rotatable bonds is 7. The van der Waals surface area contributed by atoms with Gasteiger partial charge in [-0.1, -0.05) is 13.0 Å². The number of aromatic amines is 1. The SMILES string of the molecule is CCCOc1ccc([C@@H](C)NC(=O)c2ccc(=O)[nH]n2)cc1OC. The number of nitrogens with zero attached hydrogens (tertiary/aromatic N) is 1. The first-order chi connectivity index (χ1) is 11.5. The van der Waals surface area contributed by atoms with Crippen LogP contribution < -0.4 is 20.3 Å². The molecule has 0 aliphatic carbocycles. The van der Waals surface area contributed by atoms with Crippen molar-refractivity contribution < 1.29 is 14.3 Å². The fourth-order valence-electron chi connectivity index (χ4n) is 2.11. The lowest BCUT2D eigenvalue weighted by Crippen LogP contribution is -2.28. The third-order valence-electron chi connectivity index (χ3n) is 3.41. The van der Waals surface area contributed by atoms with Crippen molar-refractivity contribution in [3.8, 4) is 11.5 Å². The van der Waals surface area contributed by atoms with Gasteiger partial charge in [-0.3, -0.25) is 9.59 Å². The van der Waals surface area contributed by atoms with Crippen molar-refractivity contribution in [3.63, 3.8) is 0 Å². The topological polar surface area (TPSA) is 93.3 Å². The zero-order chi connectivity index (χ0) is 17.5. The number of ether oxygens (including phenoxy) is 2. The Hall–Kier alpha value is -2.83. The number of amides is 1. The Bertz CT molecular complexity index is 737. The Labute approximate surface area is 140 Å². The highest BCUT2D eigenvalue weighted by molar-refractivity contribution is 5.92. The van der Waals surface area contributed by atoms with Crippen molar-refractivity contribution >= 4 is 5.91 Å². The second-order valence-electron chi connectivity index (χ2n) is 5.26. The third-order valence-corrected chi connectivity index (χ3v) is 3.41. The summed E-state index contributed by atoms with van der Waals surface area (Å²) in [5.41, 5.74) is 0.664. The Kier molecular flexibility index (Phi) is 5.95. The Balaban J connectivity index is 2.11. The predicted octanol–water partition coefficient (Wildman–Crippen LogP) is 2.06. The molecule has 1 amide bonds. The highest BCUT2D eigenvalue weighted by Gasteiger charge is 2.15. The summed E-state index contributed by atoms with van der Waals surface area (Å²) in [5.74, 6) is 0.914. The van der Waals surface area contributed by atoms with Crippen molar-refractivity contribution in [1.82, 2.24) is 15.5 Å². The maximum atomic E-state index is 12.2. The quantitative estimate of drug-likeness (QED) is 0.810. The molecule has 0 spiro atoms. The predicted molar refractivity (Wildman–Crippen MR) is 89.5 cm³/mol. The molecule has 1 aromatic carbocycles. The van der Waals surface area contributed by atoms with Crippen LogP contribution in [0.2, 0.25) is 0 Å². The Morgan fingerprint density at radius 2 is 2.08 bits per heavy atom. The summed E-state index contributed by atoms with van der Waals surface area (Å²) in [6, 6.07) is 7.90. The van der Waals surface area contributed by atoms with Gasteiger partial charge in [-0.15, -0.1) is 0 Å². The third kappa shape index (κ3) is 4.34. The number of methoxy groups -OCH3 is 1. The summed E-state index contributed by atoms with van der Waals surface area (Å²) in [6.45, 7) is 4.49. The molecule has 0 radical (unpaired) electrons. The van der Waals surface area contributed by atoms with Crippen LogP contribution >= 0.6 is 0 Å². The van der Waals surface area contributed by atoms with E-state index in [1.807, 2.05) is 32.0 Å². The van der Waals surface area contributed by atoms with Gasteiger partial charge in [-0.05, 0) is 37.1 Å². The molecule has 2 rings (SSSR count). The number of hydrogen-bond acceptors (Lipinski definition) is 5. The zero-order valence-corrected chi connectivity index (χ0v) is 14.0. The van der Waals surface area contributed by atoms with E-state index in [0.717, 1.165) is 12.0 Å². The van der Waals surface area contributed by atoms with Crippen LogP contribution in [0.4, 0.5) is 0 Å². The molecule has 0 bridgehead atoms. The van der Waals surface area contributed by atoms with Crippen molar-refractivity contribution in [3.05, 3.63) is 51.9 Å². The fraction of sp³-hybridized carbons (Fsp3) is 0.353. The molecule has 128 valence electrons. The summed E-state index contributed by atoms with van der Waals surface area (Å²) in [5, 5.41) is 8.77. The normalized spacial score (nSPS) is 11.6. The van der Waals surface area contributed by atoms with Gasteiger partial charge in [0.15, 0.2) is 11.5 Å². The van der Waals surface area contributed by atoms with Gasteiger partial charge in [0.1, 0.15) is 5.69 Å². The van der Waals surface area contributed by atoms with E-state index in [1.54, 1.807) is 7.11 Å². The van der Waals surface area contributed by atoms with E-state index in [9.17, 15) is 9.59 Å². The minimum atomic E-state index is -0.371. The van der Waals surface area contributed by atoms with Gasteiger partial charge in [0, 0.05) is 6.07 Å². The second kappa shape index (κ2) is 8.14. The Morgan fingerprint density at radius 1 is 1.29 bits per heavy atom. The van der Waals surface area contributed by atoms with Crippen LogP contribution in [0, 0.1) is 0 Å². The van der Waals surface area contributed by atoms with Gasteiger partial charge in [0.05, 0.1) is 19.8 Å². The van der Waals surface area contributed by atoms with E-state index in [1.165, 1.54) is 12.1 Å². The Morgan fingerprint density at radius 3 is 2.71 bits per heavy atom. The monoisotopic (exact) mass is 331 g/mol. The molecule has 0 aliphatic heterocycles. The number of aromatic nitrogens is 2. The lowest BCUT2D eigenvalue weighted by molar-refractivity contribution is 0.0933. The van der Waals surface area contributed by atoms with Crippen molar-refractivity contribution in [2.45, 2.75) is 26.3 Å². The number of hydrogen-bond donors (Lipinski definition) is 2. The van der Waals surface area contributed by atoms with Crippen LogP contribution in [0.25, 0.3) is 0 Å². The average molecular weight is 331 g/mol. The van der Waals surface area contributed by atoms with Gasteiger partial charge in [0.25, 0.3) is 11.5 Å². The highest BCUT2D eigenvalue weighted by atomic mass is 16.5. The minimum Gasteiger partial charge on any atom is -0.493 e. The smallest absolute Gasteiger partial charge is 0.272 e. The summed E-state index contributed by atoms with van der Waals surface area (Å²) in [7, 11) is 1.57. The van der Waals surface area contributed by atoms with Crippen molar-refractivity contribution in [1.29, 1.82) is 0 Å². The molecule has 0 unspecified atom stereocenters. The molecule has 2 aromatic rings. The lowest BCUT2D eigenvalue weighted by atomic mass is 10.1. The number of H-pyrrole nitrogens is 1. The maximum absolute atomic E-state index is 12.2. The van der Waals surface area contributed by atoms with E-state index < -0.39 is 0 Å². The van der Waals surface area contributed by atoms with E-state index in [4.69, 9.17) is 9.47 Å². The zero-order valence-electron chi connectivity index (χ0n) is 14.0. The van der Waals surface area contributed by atoms with Crippen LogP contribution in [0.15, 0.2) is 35.1 Å². The summed E-state index contributed by atoms with van der Waals surface area (Å²) in [6.07, 6.45) is 0.906. The summed E-state index contributed by atoms with van der Waals surface area (Å²) in [4.78, 5) is 23.1. The first-order valence-electron chi connectivity index (χ1n) is 7.72. The number of benzene rings is 1. The molecular formula is C17H21N3O4. The molecule has 0 fully saturated rings. The van der Waals surface area contributed by atoms with E-state index >= 15 is 0 Å². The molecule has 0 saturated carbocycles. The van der Waals surface area contributed by atoms with Gasteiger partial charge in [-0.2, -0.15) is 5.10 Å². The van der Waals surface area contributed by atoms with Gasteiger partial charge >= 0.3 is 0 Å². The molecule has 0 aliphatic rings. The minimum absolute atomic E-state index is 0.149. The van der Waals surface area contributed by atoms with E-state index in [0.29, 0.717) is 18.1 Å². The van der Waals surface area contributed by atoms with Crippen LogP contribution in [0.5, 0.6) is 11.5 Å². The fourth-order valence-corrected chi connectivity index (χ4v) is 2.11. The van der Waals surface area contributed by atoms with Crippen molar-refractivity contribution in [2.75, 3.05) is 13.7 Å². The summed E-state index contributed by atoms with van der Waals surface area (Å²) < 4.78 is 11.0. The molecule has 1 aromatic heterocycles. The lowest BCUT2D eigenvalue weighted by Gasteiger charge is -2.17. The van der Waals surface area contributed by atoms with E-state index in [-0.39, 0.29) is 23.2 Å². The molecule has 0 saturated heterocycles. The van der Waals surface area contributed by atoms with E-state index in [2.05, 4.69) is 15.5 Å². The summed E-state index contributed by atoms with van der Waals surface area (Å²) >= 11 is 0. The van der Waals surface area contributed by atoms with Crippen molar-refractivity contribution in [2.24, 2.45) is 0 Å². The van der Waals surface area contributed by atoms with Gasteiger partial charge in [-0.25, -0.2) is 5.10 Å². The van der Waals surface area contributed by atoms with Crippen LogP contribution in [-0.4, -0.2) is 29.8 Å². The standard InChI is InChI=1S/C17H21N3O4/c1-4-9-24-14-7-5-12(10-15(14)23-3)11(2)18-17(22)13-6-8-16(21)20-19-13/h5-8,10-11H,4,9H2,1-3H3,(H,18,22)(H,20,21)/t11-/m1/s1. The average Bonchev–Trinajstić information content (AvgIpc) is 2.60. The second-order valence-corrected chi connectivity index (χ2v) is 5.26. The van der Waals surface area contributed by atoms with Gasteiger partial charge in [0.2, 0.25) is 0 Å². The number of nitrogens with one attached hydrogen (secondary N) is 2. The molecule has 7 heteroatoms. The first kappa shape index (κ1) is 17.5. The molecule has 24 heavy (non-hydrogen) atoms. The van der Waals surface area contributed by atoms with Gasteiger partial charge < -0.3 is 14.8 Å². The van der Waals surface area contributed by atoms with Crippen LogP contribution in [-0.2, 0) is 0 Å². The largest absolute Gasteiger partial charge is 0.493 e. The molecule has 1 heterocycles. The molecule has 7 nitrogen and oxygen atoms in total. The van der Waals surface area contributed by atoms with Crippen LogP contribution in [0.1, 0.15) is 42.4 Å². The maximum Gasteiger partial charge on any atom is 0.272 e. The number of carbonyl (C=O) groups excluding carboxylic acids is 1. The number of carbonyl (C=O) groups is 1. The van der Waals surface area contributed by atoms with Crippen LogP contribution in [0.3, 0.4) is 0 Å².